The number of hydrogen-bond donors (Lipinski definition) is 1. The number of carbonyl (C=O) groups excluding carboxylic acids is 2. The van der Waals surface area contributed by atoms with Crippen LogP contribution in [0.2, 0.25) is 5.02 Å². The monoisotopic (exact) mass is 332 g/mol. The molecule has 0 saturated heterocycles. The molecule has 1 aliphatic rings. The molecule has 118 valence electrons. The molecule has 6 heteroatoms. The summed E-state index contributed by atoms with van der Waals surface area (Å²) in [5.74, 6) is -1.00. The molecule has 1 N–H and O–H groups in total. The highest BCUT2D eigenvalue weighted by Crippen LogP contribution is 2.27. The second kappa shape index (κ2) is 6.38. The van der Waals surface area contributed by atoms with E-state index >= 15 is 0 Å². The second-order valence-electron chi connectivity index (χ2n) is 5.29. The van der Waals surface area contributed by atoms with Crippen molar-refractivity contribution in [3.8, 4) is 0 Å². The highest BCUT2D eigenvalue weighted by Gasteiger charge is 2.25. The van der Waals surface area contributed by atoms with E-state index in [1.54, 1.807) is 0 Å². The molecule has 0 bridgehead atoms. The van der Waals surface area contributed by atoms with Crippen LogP contribution in [-0.2, 0) is 16.0 Å². The van der Waals surface area contributed by atoms with Crippen LogP contribution in [0, 0.1) is 5.82 Å². The van der Waals surface area contributed by atoms with E-state index in [2.05, 4.69) is 5.32 Å². The highest BCUT2D eigenvalue weighted by molar-refractivity contribution is 6.31. The summed E-state index contributed by atoms with van der Waals surface area (Å²) >= 11 is 5.69. The normalized spacial score (nSPS) is 13.7. The Labute approximate surface area is 137 Å². The fourth-order valence-corrected chi connectivity index (χ4v) is 2.77. The Morgan fingerprint density at radius 2 is 2.00 bits per heavy atom. The Morgan fingerprint density at radius 1 is 1.22 bits per heavy atom. The molecule has 0 unspecified atom stereocenters. The number of fused-ring (bicyclic) bond motifs is 1. The van der Waals surface area contributed by atoms with Crippen LogP contribution in [0.3, 0.4) is 0 Å². The van der Waals surface area contributed by atoms with Crippen molar-refractivity contribution in [3.63, 3.8) is 0 Å². The summed E-state index contributed by atoms with van der Waals surface area (Å²) in [6.45, 7) is -0.0924. The van der Waals surface area contributed by atoms with Crippen molar-refractivity contribution < 1.29 is 14.0 Å². The fourth-order valence-electron chi connectivity index (χ4n) is 2.59. The zero-order chi connectivity index (χ0) is 16.4. The van der Waals surface area contributed by atoms with Crippen LogP contribution >= 0.6 is 11.6 Å². The fraction of sp³-hybridized carbons (Fsp3) is 0.176. The zero-order valence-corrected chi connectivity index (χ0v) is 12.9. The van der Waals surface area contributed by atoms with Crippen LogP contribution in [0.1, 0.15) is 12.0 Å². The zero-order valence-electron chi connectivity index (χ0n) is 12.2. The quantitative estimate of drug-likeness (QED) is 0.936. The molecule has 0 saturated carbocycles. The maximum Gasteiger partial charge on any atom is 0.244 e. The Balaban J connectivity index is 1.75. The summed E-state index contributed by atoms with van der Waals surface area (Å²) in [5, 5.41) is 2.56. The van der Waals surface area contributed by atoms with Crippen molar-refractivity contribution in [3.05, 3.63) is 58.9 Å². The van der Waals surface area contributed by atoms with Crippen molar-refractivity contribution in [1.29, 1.82) is 0 Å². The average molecular weight is 333 g/mol. The van der Waals surface area contributed by atoms with Crippen molar-refractivity contribution in [2.75, 3.05) is 16.8 Å². The van der Waals surface area contributed by atoms with Gasteiger partial charge in [-0.2, -0.15) is 0 Å². The number of aryl methyl sites for hydroxylation is 1. The van der Waals surface area contributed by atoms with Crippen molar-refractivity contribution >= 4 is 34.8 Å². The van der Waals surface area contributed by atoms with E-state index < -0.39 is 5.82 Å². The van der Waals surface area contributed by atoms with E-state index in [-0.39, 0.29) is 23.4 Å². The number of nitrogens with one attached hydrogen (secondary N) is 1. The first-order valence-electron chi connectivity index (χ1n) is 7.18. The Hall–Kier alpha value is -2.40. The molecule has 2 amide bonds. The Kier molecular flexibility index (Phi) is 4.30. The number of carbonyl (C=O) groups is 2. The van der Waals surface area contributed by atoms with Gasteiger partial charge in [0.05, 0.1) is 5.02 Å². The number of benzene rings is 2. The molecular weight excluding hydrogens is 319 g/mol. The van der Waals surface area contributed by atoms with Crippen molar-refractivity contribution in [2.45, 2.75) is 12.8 Å². The van der Waals surface area contributed by atoms with Gasteiger partial charge < -0.3 is 10.2 Å². The minimum Gasteiger partial charge on any atom is -0.324 e. The lowest BCUT2D eigenvalue weighted by Gasteiger charge is -2.28. The molecule has 0 fully saturated rings. The van der Waals surface area contributed by atoms with E-state index in [9.17, 15) is 14.0 Å². The first kappa shape index (κ1) is 15.5. The molecule has 2 aromatic carbocycles. The standard InChI is InChI=1S/C17H14ClFN2O2/c18-13-9-12(6-7-14(13)19)20-16(22)10-21-15-4-2-1-3-11(15)5-8-17(21)23/h1-4,6-7,9H,5,8,10H2,(H,20,22). The minimum atomic E-state index is -0.551. The molecule has 1 aliphatic heterocycles. The lowest BCUT2D eigenvalue weighted by molar-refractivity contribution is -0.121. The van der Waals surface area contributed by atoms with Crippen LogP contribution in [0.4, 0.5) is 15.8 Å². The third kappa shape index (κ3) is 3.35. The molecule has 0 aromatic heterocycles. The average Bonchev–Trinajstić information content (AvgIpc) is 2.54. The highest BCUT2D eigenvalue weighted by atomic mass is 35.5. The Morgan fingerprint density at radius 3 is 2.78 bits per heavy atom. The SMILES string of the molecule is O=C(CN1C(=O)CCc2ccccc21)Nc1ccc(F)c(Cl)c1. The van der Waals surface area contributed by atoms with Gasteiger partial charge in [-0.1, -0.05) is 29.8 Å². The molecule has 2 aromatic rings. The molecule has 23 heavy (non-hydrogen) atoms. The van der Waals surface area contributed by atoms with Gasteiger partial charge in [-0.25, -0.2) is 4.39 Å². The summed E-state index contributed by atoms with van der Waals surface area (Å²) in [5.41, 5.74) is 2.19. The summed E-state index contributed by atoms with van der Waals surface area (Å²) in [6, 6.07) is 11.5. The van der Waals surface area contributed by atoms with Gasteiger partial charge in [0.25, 0.3) is 0 Å². The van der Waals surface area contributed by atoms with Crippen LogP contribution in [0.25, 0.3) is 0 Å². The first-order valence-corrected chi connectivity index (χ1v) is 7.55. The number of anilines is 2. The van der Waals surface area contributed by atoms with Crippen LogP contribution in [0.15, 0.2) is 42.5 Å². The van der Waals surface area contributed by atoms with Crippen LogP contribution in [-0.4, -0.2) is 18.4 Å². The van der Waals surface area contributed by atoms with E-state index in [1.807, 2.05) is 24.3 Å². The number of para-hydroxylation sites is 1. The van der Waals surface area contributed by atoms with E-state index in [0.29, 0.717) is 18.5 Å². The third-order valence-electron chi connectivity index (χ3n) is 3.70. The summed E-state index contributed by atoms with van der Waals surface area (Å²) in [4.78, 5) is 25.8. The van der Waals surface area contributed by atoms with Gasteiger partial charge in [-0.3, -0.25) is 9.59 Å². The predicted molar refractivity (Wildman–Crippen MR) is 87.2 cm³/mol. The summed E-state index contributed by atoms with van der Waals surface area (Å²) in [7, 11) is 0. The maximum absolute atomic E-state index is 13.1. The van der Waals surface area contributed by atoms with Gasteiger partial charge in [0.15, 0.2) is 0 Å². The smallest absolute Gasteiger partial charge is 0.244 e. The first-order chi connectivity index (χ1) is 11.0. The largest absolute Gasteiger partial charge is 0.324 e. The maximum atomic E-state index is 13.1. The van der Waals surface area contributed by atoms with Gasteiger partial charge in [-0.15, -0.1) is 0 Å². The molecule has 4 nitrogen and oxygen atoms in total. The number of rotatable bonds is 3. The topological polar surface area (TPSA) is 49.4 Å². The van der Waals surface area contributed by atoms with E-state index in [1.165, 1.54) is 23.1 Å². The molecular formula is C17H14ClFN2O2. The molecule has 0 aliphatic carbocycles. The predicted octanol–water partition coefficient (Wildman–Crippen LogP) is 3.40. The van der Waals surface area contributed by atoms with Crippen molar-refractivity contribution in [2.24, 2.45) is 0 Å². The lowest BCUT2D eigenvalue weighted by Crippen LogP contribution is -2.40. The number of nitrogens with zero attached hydrogens (tertiary/aromatic N) is 1. The van der Waals surface area contributed by atoms with Gasteiger partial charge in [-0.05, 0) is 36.2 Å². The lowest BCUT2D eigenvalue weighted by atomic mass is 10.0. The Bertz CT molecular complexity index is 779. The number of hydrogen-bond acceptors (Lipinski definition) is 2. The molecule has 0 spiro atoms. The number of amides is 2. The van der Waals surface area contributed by atoms with Gasteiger partial charge in [0.2, 0.25) is 11.8 Å². The summed E-state index contributed by atoms with van der Waals surface area (Å²) < 4.78 is 13.1. The van der Waals surface area contributed by atoms with Crippen LogP contribution < -0.4 is 10.2 Å². The van der Waals surface area contributed by atoms with Crippen LogP contribution in [0.5, 0.6) is 0 Å². The van der Waals surface area contributed by atoms with Crippen molar-refractivity contribution in [1.82, 2.24) is 0 Å². The molecule has 3 rings (SSSR count). The van der Waals surface area contributed by atoms with Gasteiger partial charge in [0, 0.05) is 17.8 Å². The minimum absolute atomic E-state index is 0.0674. The van der Waals surface area contributed by atoms with E-state index in [0.717, 1.165) is 11.3 Å². The van der Waals surface area contributed by atoms with E-state index in [4.69, 9.17) is 11.6 Å². The third-order valence-corrected chi connectivity index (χ3v) is 3.99. The van der Waals surface area contributed by atoms with Gasteiger partial charge >= 0.3 is 0 Å². The molecule has 1 heterocycles. The summed E-state index contributed by atoms with van der Waals surface area (Å²) in [6.07, 6.45) is 1.06. The van der Waals surface area contributed by atoms with Gasteiger partial charge in [0.1, 0.15) is 12.4 Å². The second-order valence-corrected chi connectivity index (χ2v) is 5.69. The molecule has 0 atom stereocenters. The number of halogens is 2. The molecule has 0 radical (unpaired) electrons.